The van der Waals surface area contributed by atoms with Crippen LogP contribution in [0.1, 0.15) is 18.3 Å². The Labute approximate surface area is 123 Å². The maximum Gasteiger partial charge on any atom is 0.354 e. The molecule has 1 aromatic heterocycles. The van der Waals surface area contributed by atoms with E-state index in [2.05, 4.69) is 10.3 Å². The van der Waals surface area contributed by atoms with E-state index in [4.69, 9.17) is 4.52 Å². The second-order valence-corrected chi connectivity index (χ2v) is 6.24. The fraction of sp³-hybridized carbons (Fsp3) is 0.214. The lowest BCUT2D eigenvalue weighted by Crippen LogP contribution is -2.13. The molecule has 0 aliphatic carbocycles. The molecule has 0 aliphatic rings. The second kappa shape index (κ2) is 6.72. The Morgan fingerprint density at radius 3 is 2.57 bits per heavy atom. The molecule has 0 radical (unpaired) electrons. The summed E-state index contributed by atoms with van der Waals surface area (Å²) in [5.41, 5.74) is 0.526. The van der Waals surface area contributed by atoms with Crippen LogP contribution in [-0.2, 0) is 9.09 Å². The molecule has 112 valence electrons. The average molecular weight is 308 g/mol. The van der Waals surface area contributed by atoms with Crippen LogP contribution in [0.5, 0.6) is 5.75 Å². The standard InChI is InChI=1S/C14H17N2O4P/c1-2-20-21(18,19)14(11-6-8-12(17)9-7-11)16-13-5-3-4-10-15-13/h3-10,14,17H,2H2,1H3,(H,15,16)(H,18,19). The number of rotatable bonds is 6. The number of hydrogen-bond donors (Lipinski definition) is 3. The van der Waals surface area contributed by atoms with E-state index in [9.17, 15) is 14.6 Å². The third-order valence-electron chi connectivity index (χ3n) is 2.80. The first-order valence-corrected chi connectivity index (χ1v) is 8.11. The number of anilines is 1. The lowest BCUT2D eigenvalue weighted by atomic mass is 10.2. The fourth-order valence-corrected chi connectivity index (χ4v) is 3.22. The molecule has 0 fully saturated rings. The van der Waals surface area contributed by atoms with Gasteiger partial charge in [0, 0.05) is 6.20 Å². The van der Waals surface area contributed by atoms with Crippen LogP contribution in [0.15, 0.2) is 48.7 Å². The average Bonchev–Trinajstić information content (AvgIpc) is 2.47. The SMILES string of the molecule is CCOP(=O)(O)C(Nc1ccccn1)c1ccc(O)cc1. The molecule has 2 atom stereocenters. The summed E-state index contributed by atoms with van der Waals surface area (Å²) in [7, 11) is -3.94. The molecule has 0 saturated heterocycles. The summed E-state index contributed by atoms with van der Waals surface area (Å²) >= 11 is 0. The van der Waals surface area contributed by atoms with E-state index >= 15 is 0 Å². The smallest absolute Gasteiger partial charge is 0.354 e. The lowest BCUT2D eigenvalue weighted by molar-refractivity contribution is 0.267. The molecule has 0 saturated carbocycles. The van der Waals surface area contributed by atoms with E-state index < -0.39 is 13.4 Å². The number of benzene rings is 1. The first-order valence-electron chi connectivity index (χ1n) is 6.46. The number of hydrogen-bond acceptors (Lipinski definition) is 5. The van der Waals surface area contributed by atoms with Crippen molar-refractivity contribution in [1.82, 2.24) is 4.98 Å². The predicted octanol–water partition coefficient (Wildman–Crippen LogP) is 3.12. The number of aromatic nitrogens is 1. The third kappa shape index (κ3) is 4.04. The van der Waals surface area contributed by atoms with Gasteiger partial charge in [-0.25, -0.2) is 4.98 Å². The monoisotopic (exact) mass is 308 g/mol. The Morgan fingerprint density at radius 1 is 1.29 bits per heavy atom. The lowest BCUT2D eigenvalue weighted by Gasteiger charge is -2.24. The Balaban J connectivity index is 2.34. The number of phenolic OH excluding ortho intramolecular Hbond substituents is 1. The highest BCUT2D eigenvalue weighted by atomic mass is 31.2. The number of pyridine rings is 1. The molecule has 7 heteroatoms. The molecule has 2 rings (SSSR count). The van der Waals surface area contributed by atoms with E-state index in [0.29, 0.717) is 11.4 Å². The number of phenols is 1. The highest BCUT2D eigenvalue weighted by Crippen LogP contribution is 2.56. The van der Waals surface area contributed by atoms with Crippen molar-refractivity contribution in [1.29, 1.82) is 0 Å². The molecule has 3 N–H and O–H groups in total. The van der Waals surface area contributed by atoms with Crippen molar-refractivity contribution in [2.45, 2.75) is 12.7 Å². The van der Waals surface area contributed by atoms with Crippen LogP contribution >= 0.6 is 7.60 Å². The van der Waals surface area contributed by atoms with Crippen LogP contribution in [0.25, 0.3) is 0 Å². The van der Waals surface area contributed by atoms with Crippen molar-refractivity contribution in [3.05, 3.63) is 54.2 Å². The zero-order valence-corrected chi connectivity index (χ0v) is 12.4. The zero-order valence-electron chi connectivity index (χ0n) is 11.5. The van der Waals surface area contributed by atoms with Crippen molar-refractivity contribution in [3.63, 3.8) is 0 Å². The molecule has 21 heavy (non-hydrogen) atoms. The van der Waals surface area contributed by atoms with Crippen molar-refractivity contribution in [2.75, 3.05) is 11.9 Å². The maximum atomic E-state index is 12.4. The summed E-state index contributed by atoms with van der Waals surface area (Å²) in [4.78, 5) is 14.2. The summed E-state index contributed by atoms with van der Waals surface area (Å²) in [6, 6.07) is 11.3. The van der Waals surface area contributed by atoms with Crippen LogP contribution in [-0.4, -0.2) is 21.6 Å². The van der Waals surface area contributed by atoms with Gasteiger partial charge in [-0.05, 0) is 36.8 Å². The third-order valence-corrected chi connectivity index (χ3v) is 4.51. The van der Waals surface area contributed by atoms with Crippen LogP contribution < -0.4 is 5.32 Å². The molecule has 0 amide bonds. The second-order valence-electron chi connectivity index (χ2n) is 4.34. The van der Waals surface area contributed by atoms with Gasteiger partial charge < -0.3 is 19.8 Å². The molecule has 1 heterocycles. The molecule has 2 aromatic rings. The number of nitrogens with zero attached hydrogens (tertiary/aromatic N) is 1. The van der Waals surface area contributed by atoms with Gasteiger partial charge in [0.1, 0.15) is 11.6 Å². The van der Waals surface area contributed by atoms with Gasteiger partial charge in [-0.15, -0.1) is 0 Å². The van der Waals surface area contributed by atoms with Crippen molar-refractivity contribution < 1.29 is 19.1 Å². The quantitative estimate of drug-likeness (QED) is 0.710. The highest BCUT2D eigenvalue weighted by Gasteiger charge is 2.34. The molecule has 0 bridgehead atoms. The van der Waals surface area contributed by atoms with Gasteiger partial charge in [0.05, 0.1) is 6.61 Å². The maximum absolute atomic E-state index is 12.4. The minimum absolute atomic E-state index is 0.0829. The first-order chi connectivity index (χ1) is 10.0. The first kappa shape index (κ1) is 15.5. The molecular weight excluding hydrogens is 291 g/mol. The summed E-state index contributed by atoms with van der Waals surface area (Å²) in [5.74, 6) is -0.419. The minimum atomic E-state index is -3.94. The normalized spacial score (nSPS) is 15.1. The summed E-state index contributed by atoms with van der Waals surface area (Å²) < 4.78 is 17.4. The van der Waals surface area contributed by atoms with Gasteiger partial charge in [-0.1, -0.05) is 18.2 Å². The molecular formula is C14H17N2O4P. The molecule has 0 spiro atoms. The van der Waals surface area contributed by atoms with Crippen LogP contribution in [0.4, 0.5) is 5.82 Å². The number of aromatic hydroxyl groups is 1. The molecule has 0 aliphatic heterocycles. The van der Waals surface area contributed by atoms with E-state index in [0.717, 1.165) is 0 Å². The van der Waals surface area contributed by atoms with Crippen molar-refractivity contribution >= 4 is 13.4 Å². The molecule has 6 nitrogen and oxygen atoms in total. The Morgan fingerprint density at radius 2 is 2.00 bits per heavy atom. The topological polar surface area (TPSA) is 91.7 Å². The van der Waals surface area contributed by atoms with Crippen molar-refractivity contribution in [3.8, 4) is 5.75 Å². The minimum Gasteiger partial charge on any atom is -0.508 e. The molecule has 1 aromatic carbocycles. The Hall–Kier alpha value is -1.88. The van der Waals surface area contributed by atoms with Gasteiger partial charge in [-0.3, -0.25) is 4.57 Å². The van der Waals surface area contributed by atoms with E-state index in [1.807, 2.05) is 0 Å². The van der Waals surface area contributed by atoms with Gasteiger partial charge in [0.15, 0.2) is 5.78 Å². The Bertz CT molecular complexity index is 619. The largest absolute Gasteiger partial charge is 0.508 e. The Kier molecular flexibility index (Phi) is 4.96. The number of nitrogens with one attached hydrogen (secondary N) is 1. The van der Waals surface area contributed by atoms with E-state index in [1.54, 1.807) is 43.5 Å². The van der Waals surface area contributed by atoms with E-state index in [-0.39, 0.29) is 12.4 Å². The van der Waals surface area contributed by atoms with E-state index in [1.165, 1.54) is 12.1 Å². The van der Waals surface area contributed by atoms with Crippen LogP contribution in [0.2, 0.25) is 0 Å². The predicted molar refractivity (Wildman–Crippen MR) is 80.2 cm³/mol. The highest BCUT2D eigenvalue weighted by molar-refractivity contribution is 7.53. The zero-order chi connectivity index (χ0) is 15.3. The summed E-state index contributed by atoms with van der Waals surface area (Å²) in [6.07, 6.45) is 1.58. The molecule has 2 unspecified atom stereocenters. The van der Waals surface area contributed by atoms with Crippen LogP contribution in [0.3, 0.4) is 0 Å². The van der Waals surface area contributed by atoms with Gasteiger partial charge in [0.2, 0.25) is 0 Å². The summed E-state index contributed by atoms with van der Waals surface area (Å²) in [5, 5.41) is 12.2. The van der Waals surface area contributed by atoms with Gasteiger partial charge in [0.25, 0.3) is 0 Å². The van der Waals surface area contributed by atoms with Crippen molar-refractivity contribution in [2.24, 2.45) is 0 Å². The summed E-state index contributed by atoms with van der Waals surface area (Å²) in [6.45, 7) is 1.77. The van der Waals surface area contributed by atoms with Gasteiger partial charge >= 0.3 is 7.60 Å². The van der Waals surface area contributed by atoms with Crippen LogP contribution in [0, 0.1) is 0 Å². The fourth-order valence-electron chi connectivity index (χ4n) is 1.86. The van der Waals surface area contributed by atoms with Gasteiger partial charge in [-0.2, -0.15) is 0 Å².